The summed E-state index contributed by atoms with van der Waals surface area (Å²) in [7, 11) is 0. The summed E-state index contributed by atoms with van der Waals surface area (Å²) in [6.45, 7) is 2.66. The predicted molar refractivity (Wildman–Crippen MR) is 90.1 cm³/mol. The number of morpholine rings is 1. The lowest BCUT2D eigenvalue weighted by Crippen LogP contribution is -2.49. The molecule has 1 atom stereocenters. The average Bonchev–Trinajstić information content (AvgIpc) is 2.97. The number of carboxylic acid groups (broad SMARTS) is 1. The van der Waals surface area contributed by atoms with Gasteiger partial charge in [-0.1, -0.05) is 12.1 Å². The lowest BCUT2D eigenvalue weighted by molar-refractivity contribution is -0.139. The van der Waals surface area contributed by atoms with Crippen LogP contribution in [0.1, 0.15) is 21.9 Å². The molecule has 0 radical (unpaired) electrons. The van der Waals surface area contributed by atoms with Gasteiger partial charge in [0.15, 0.2) is 0 Å². The Kier molecular flexibility index (Phi) is 5.10. The lowest BCUT2D eigenvalue weighted by atomic mass is 10.1. The first-order chi connectivity index (χ1) is 12.0. The number of nitrogens with zero attached hydrogens (tertiary/aromatic N) is 2. The van der Waals surface area contributed by atoms with Crippen molar-refractivity contribution in [1.29, 1.82) is 0 Å². The van der Waals surface area contributed by atoms with E-state index >= 15 is 0 Å². The number of carboxylic acids is 1. The molecular weight excluding hydrogens is 347 g/mol. The van der Waals surface area contributed by atoms with Crippen molar-refractivity contribution in [2.24, 2.45) is 0 Å². The average molecular weight is 364 g/mol. The van der Waals surface area contributed by atoms with Crippen LogP contribution in [-0.4, -0.2) is 52.7 Å². The van der Waals surface area contributed by atoms with Gasteiger partial charge >= 0.3 is 5.97 Å². The Hall–Kier alpha value is -2.32. The van der Waals surface area contributed by atoms with Gasteiger partial charge in [-0.25, -0.2) is 9.37 Å². The molecule has 1 fully saturated rings. The van der Waals surface area contributed by atoms with Gasteiger partial charge in [0, 0.05) is 6.54 Å². The molecule has 2 aromatic rings. The molecule has 1 aliphatic heterocycles. The van der Waals surface area contributed by atoms with Crippen LogP contribution in [0.4, 0.5) is 4.39 Å². The quantitative estimate of drug-likeness (QED) is 0.902. The number of carbonyl (C=O) groups is 2. The van der Waals surface area contributed by atoms with Gasteiger partial charge in [0.2, 0.25) is 0 Å². The Morgan fingerprint density at radius 3 is 2.80 bits per heavy atom. The van der Waals surface area contributed by atoms with Gasteiger partial charge in [-0.2, -0.15) is 0 Å². The monoisotopic (exact) mass is 364 g/mol. The Bertz CT molecular complexity index is 790. The summed E-state index contributed by atoms with van der Waals surface area (Å²) in [5.74, 6) is -1.66. The molecule has 25 heavy (non-hydrogen) atoms. The highest BCUT2D eigenvalue weighted by Crippen LogP contribution is 2.32. The molecule has 1 aromatic carbocycles. The number of amides is 1. The number of rotatable bonds is 4. The molecule has 1 aliphatic rings. The summed E-state index contributed by atoms with van der Waals surface area (Å²) in [6.07, 6.45) is -0.180. The third kappa shape index (κ3) is 3.85. The summed E-state index contributed by atoms with van der Waals surface area (Å²) >= 11 is 1.35. The van der Waals surface area contributed by atoms with Crippen LogP contribution in [0.25, 0.3) is 10.4 Å². The maximum Gasteiger partial charge on any atom is 0.305 e. The van der Waals surface area contributed by atoms with E-state index in [1.165, 1.54) is 28.4 Å². The van der Waals surface area contributed by atoms with Crippen LogP contribution in [0.2, 0.25) is 0 Å². The van der Waals surface area contributed by atoms with Gasteiger partial charge in [0.05, 0.1) is 35.6 Å². The summed E-state index contributed by atoms with van der Waals surface area (Å²) < 4.78 is 18.5. The first-order valence-electron chi connectivity index (χ1n) is 7.79. The summed E-state index contributed by atoms with van der Waals surface area (Å²) in [6, 6.07) is 5.35. The molecule has 1 saturated heterocycles. The van der Waals surface area contributed by atoms with Crippen molar-refractivity contribution in [3.63, 3.8) is 0 Å². The van der Waals surface area contributed by atoms with Gasteiger partial charge in [0.1, 0.15) is 11.5 Å². The third-order valence-corrected chi connectivity index (χ3v) is 4.96. The maximum atomic E-state index is 13.2. The van der Waals surface area contributed by atoms with E-state index in [4.69, 9.17) is 9.84 Å². The van der Waals surface area contributed by atoms with Gasteiger partial charge in [-0.05, 0) is 24.6 Å². The Morgan fingerprint density at radius 1 is 1.40 bits per heavy atom. The molecule has 2 heterocycles. The van der Waals surface area contributed by atoms with Crippen molar-refractivity contribution in [2.45, 2.75) is 19.4 Å². The zero-order chi connectivity index (χ0) is 18.0. The second-order valence-corrected chi connectivity index (χ2v) is 6.95. The summed E-state index contributed by atoms with van der Waals surface area (Å²) in [5.41, 5.74) is 0.977. The highest BCUT2D eigenvalue weighted by molar-refractivity contribution is 7.15. The highest BCUT2D eigenvalue weighted by Gasteiger charge is 2.32. The molecule has 0 saturated carbocycles. The van der Waals surface area contributed by atoms with Gasteiger partial charge in [-0.15, -0.1) is 11.3 Å². The van der Waals surface area contributed by atoms with Crippen molar-refractivity contribution < 1.29 is 23.8 Å². The fourth-order valence-corrected chi connectivity index (χ4v) is 3.71. The van der Waals surface area contributed by atoms with Crippen LogP contribution >= 0.6 is 11.3 Å². The van der Waals surface area contributed by atoms with Crippen LogP contribution in [-0.2, 0) is 9.53 Å². The van der Waals surface area contributed by atoms with E-state index in [-0.39, 0.29) is 30.4 Å². The molecular formula is C17H17FN2O4S. The number of aryl methyl sites for hydroxylation is 1. The Labute approximate surface area is 147 Å². The standard InChI is InChI=1S/C17H17FN2O4S/c1-10-19-15(16(25-10)11-2-4-12(18)5-3-11)17(23)20-6-7-24-9-13(20)8-14(21)22/h2-5,13H,6-9H2,1H3,(H,21,22). The Balaban J connectivity index is 1.93. The molecule has 1 aromatic heterocycles. The van der Waals surface area contributed by atoms with Crippen molar-refractivity contribution >= 4 is 23.2 Å². The zero-order valence-electron chi connectivity index (χ0n) is 13.6. The molecule has 0 spiro atoms. The van der Waals surface area contributed by atoms with Crippen LogP contribution in [0.15, 0.2) is 24.3 Å². The third-order valence-electron chi connectivity index (χ3n) is 3.94. The normalized spacial score (nSPS) is 17.5. The molecule has 0 bridgehead atoms. The Morgan fingerprint density at radius 2 is 2.12 bits per heavy atom. The number of benzene rings is 1. The van der Waals surface area contributed by atoms with E-state index in [1.807, 2.05) is 0 Å². The zero-order valence-corrected chi connectivity index (χ0v) is 14.4. The van der Waals surface area contributed by atoms with E-state index in [0.29, 0.717) is 28.6 Å². The highest BCUT2D eigenvalue weighted by atomic mass is 32.1. The summed E-state index contributed by atoms with van der Waals surface area (Å²) in [4.78, 5) is 30.6. The fourth-order valence-electron chi connectivity index (χ4n) is 2.80. The molecule has 8 heteroatoms. The van der Waals surface area contributed by atoms with Gasteiger partial charge in [0.25, 0.3) is 5.91 Å². The second kappa shape index (κ2) is 7.28. The van der Waals surface area contributed by atoms with E-state index < -0.39 is 12.0 Å². The number of hydrogen-bond acceptors (Lipinski definition) is 5. The van der Waals surface area contributed by atoms with Crippen molar-refractivity contribution in [2.75, 3.05) is 19.8 Å². The molecule has 6 nitrogen and oxygen atoms in total. The minimum absolute atomic E-state index is 0.180. The van der Waals surface area contributed by atoms with Gasteiger partial charge < -0.3 is 14.7 Å². The van der Waals surface area contributed by atoms with Crippen LogP contribution in [0.5, 0.6) is 0 Å². The molecule has 0 aliphatic carbocycles. The number of ether oxygens (including phenoxy) is 1. The maximum absolute atomic E-state index is 13.2. The largest absolute Gasteiger partial charge is 0.481 e. The number of hydrogen-bond donors (Lipinski definition) is 1. The summed E-state index contributed by atoms with van der Waals surface area (Å²) in [5, 5.41) is 9.77. The van der Waals surface area contributed by atoms with Crippen molar-refractivity contribution in [3.8, 4) is 10.4 Å². The van der Waals surface area contributed by atoms with E-state index in [1.54, 1.807) is 19.1 Å². The minimum atomic E-state index is -0.985. The SMILES string of the molecule is Cc1nc(C(=O)N2CCOCC2CC(=O)O)c(-c2ccc(F)cc2)s1. The molecule has 1 unspecified atom stereocenters. The number of aromatic nitrogens is 1. The predicted octanol–water partition coefficient (Wildman–Crippen LogP) is 2.57. The first-order valence-corrected chi connectivity index (χ1v) is 8.61. The topological polar surface area (TPSA) is 79.7 Å². The lowest BCUT2D eigenvalue weighted by Gasteiger charge is -2.34. The van der Waals surface area contributed by atoms with Crippen LogP contribution in [0, 0.1) is 12.7 Å². The number of halogens is 1. The van der Waals surface area contributed by atoms with Crippen molar-refractivity contribution in [1.82, 2.24) is 9.88 Å². The van der Waals surface area contributed by atoms with E-state index in [2.05, 4.69) is 4.98 Å². The molecule has 1 amide bonds. The van der Waals surface area contributed by atoms with E-state index in [9.17, 15) is 14.0 Å². The first kappa shape index (κ1) is 17.5. The van der Waals surface area contributed by atoms with E-state index in [0.717, 1.165) is 0 Å². The number of carbonyl (C=O) groups excluding carboxylic acids is 1. The second-order valence-electron chi connectivity index (χ2n) is 5.74. The number of aliphatic carboxylic acids is 1. The minimum Gasteiger partial charge on any atom is -0.481 e. The van der Waals surface area contributed by atoms with Crippen LogP contribution < -0.4 is 0 Å². The smallest absolute Gasteiger partial charge is 0.305 e. The molecule has 1 N–H and O–H groups in total. The van der Waals surface area contributed by atoms with Crippen molar-refractivity contribution in [3.05, 3.63) is 40.8 Å². The number of thiazole rings is 1. The molecule has 3 rings (SSSR count). The van der Waals surface area contributed by atoms with Crippen LogP contribution in [0.3, 0.4) is 0 Å². The fraction of sp³-hybridized carbons (Fsp3) is 0.353. The molecule has 132 valence electrons. The van der Waals surface area contributed by atoms with Gasteiger partial charge in [-0.3, -0.25) is 9.59 Å².